The topological polar surface area (TPSA) is 48.2 Å². The molecule has 3 rings (SSSR count). The van der Waals surface area contributed by atoms with E-state index in [0.717, 1.165) is 5.56 Å². The number of ether oxygens (including phenoxy) is 1. The van der Waals surface area contributed by atoms with E-state index < -0.39 is 5.83 Å². The number of aromatic nitrogens is 2. The molecule has 0 N–H and O–H groups in total. The first-order valence-electron chi connectivity index (χ1n) is 6.67. The van der Waals surface area contributed by atoms with Crippen molar-refractivity contribution in [3.05, 3.63) is 66.1 Å². The van der Waals surface area contributed by atoms with Crippen LogP contribution in [0.2, 0.25) is 0 Å². The second-order valence-electron chi connectivity index (χ2n) is 4.54. The first-order valence-corrected chi connectivity index (χ1v) is 6.67. The minimum Gasteiger partial charge on any atom is -0.497 e. The average Bonchev–Trinajstić information content (AvgIpc) is 3.06. The van der Waals surface area contributed by atoms with Crippen molar-refractivity contribution in [1.29, 1.82) is 0 Å². The standard InChI is InChI=1S/C17H13FN2O2/c1-21-14-9-7-12(8-10-14)11-15(18)17-20-19-16(22-17)13-5-3-2-4-6-13/h2-11H,1H3/b15-11-. The fourth-order valence-electron chi connectivity index (χ4n) is 1.93. The summed E-state index contributed by atoms with van der Waals surface area (Å²) >= 11 is 0. The van der Waals surface area contributed by atoms with Crippen LogP contribution >= 0.6 is 0 Å². The van der Waals surface area contributed by atoms with Crippen LogP contribution in [0, 0.1) is 0 Å². The van der Waals surface area contributed by atoms with Crippen molar-refractivity contribution in [3.63, 3.8) is 0 Å². The predicted molar refractivity (Wildman–Crippen MR) is 81.7 cm³/mol. The molecule has 0 aliphatic rings. The number of benzene rings is 2. The Labute approximate surface area is 126 Å². The van der Waals surface area contributed by atoms with Gasteiger partial charge in [0.05, 0.1) is 7.11 Å². The monoisotopic (exact) mass is 296 g/mol. The van der Waals surface area contributed by atoms with E-state index in [4.69, 9.17) is 9.15 Å². The third-order valence-corrected chi connectivity index (χ3v) is 3.06. The molecule has 4 nitrogen and oxygen atoms in total. The normalized spacial score (nSPS) is 11.5. The molecule has 5 heteroatoms. The molecular formula is C17H13FN2O2. The lowest BCUT2D eigenvalue weighted by Crippen LogP contribution is -1.82. The van der Waals surface area contributed by atoms with Crippen LogP contribution in [-0.4, -0.2) is 17.3 Å². The summed E-state index contributed by atoms with van der Waals surface area (Å²) in [6, 6.07) is 16.2. The van der Waals surface area contributed by atoms with Crippen molar-refractivity contribution in [2.45, 2.75) is 0 Å². The number of nitrogens with zero attached hydrogens (tertiary/aromatic N) is 2. The minimum absolute atomic E-state index is 0.144. The molecule has 0 saturated heterocycles. The van der Waals surface area contributed by atoms with Gasteiger partial charge in [-0.2, -0.15) is 0 Å². The fourth-order valence-corrected chi connectivity index (χ4v) is 1.93. The van der Waals surface area contributed by atoms with Gasteiger partial charge < -0.3 is 9.15 Å². The zero-order valence-corrected chi connectivity index (χ0v) is 11.9. The first kappa shape index (κ1) is 14.0. The number of hydrogen-bond acceptors (Lipinski definition) is 4. The Morgan fingerprint density at radius 3 is 2.45 bits per heavy atom. The number of hydrogen-bond donors (Lipinski definition) is 0. The van der Waals surface area contributed by atoms with Gasteiger partial charge in [0.1, 0.15) is 5.75 Å². The molecular weight excluding hydrogens is 283 g/mol. The molecule has 2 aromatic carbocycles. The Balaban J connectivity index is 1.84. The Hall–Kier alpha value is -2.95. The minimum atomic E-state index is -0.583. The zero-order valence-electron chi connectivity index (χ0n) is 11.9. The molecule has 0 saturated carbocycles. The fraction of sp³-hybridized carbons (Fsp3) is 0.0588. The zero-order chi connectivity index (χ0) is 15.4. The molecule has 0 radical (unpaired) electrons. The van der Waals surface area contributed by atoms with Gasteiger partial charge in [-0.25, -0.2) is 4.39 Å². The molecule has 0 aliphatic carbocycles. The summed E-state index contributed by atoms with van der Waals surface area (Å²) in [6.45, 7) is 0. The van der Waals surface area contributed by atoms with E-state index in [-0.39, 0.29) is 11.8 Å². The second-order valence-corrected chi connectivity index (χ2v) is 4.54. The molecule has 0 amide bonds. The lowest BCUT2D eigenvalue weighted by atomic mass is 10.2. The molecule has 22 heavy (non-hydrogen) atoms. The van der Waals surface area contributed by atoms with Crippen LogP contribution in [0.1, 0.15) is 11.5 Å². The van der Waals surface area contributed by atoms with E-state index in [9.17, 15) is 4.39 Å². The van der Waals surface area contributed by atoms with Crippen molar-refractivity contribution in [3.8, 4) is 17.2 Å². The number of rotatable bonds is 4. The molecule has 1 aromatic heterocycles. The smallest absolute Gasteiger partial charge is 0.276 e. The van der Waals surface area contributed by atoms with Crippen LogP contribution in [0.25, 0.3) is 23.4 Å². The summed E-state index contributed by atoms with van der Waals surface area (Å²) in [5, 5.41) is 7.60. The van der Waals surface area contributed by atoms with E-state index >= 15 is 0 Å². The van der Waals surface area contributed by atoms with Gasteiger partial charge in [0.2, 0.25) is 5.89 Å². The second kappa shape index (κ2) is 6.22. The summed E-state index contributed by atoms with van der Waals surface area (Å²) in [4.78, 5) is 0. The molecule has 110 valence electrons. The highest BCUT2D eigenvalue weighted by atomic mass is 19.1. The maximum atomic E-state index is 14.2. The van der Waals surface area contributed by atoms with Crippen molar-refractivity contribution in [1.82, 2.24) is 10.2 Å². The van der Waals surface area contributed by atoms with Gasteiger partial charge in [0.25, 0.3) is 5.89 Å². The van der Waals surface area contributed by atoms with Gasteiger partial charge in [-0.05, 0) is 35.9 Å². The summed E-state index contributed by atoms with van der Waals surface area (Å²) in [5.74, 6) is 0.269. The van der Waals surface area contributed by atoms with Gasteiger partial charge in [0, 0.05) is 5.56 Å². The van der Waals surface area contributed by atoms with E-state index in [0.29, 0.717) is 11.3 Å². The van der Waals surface area contributed by atoms with Crippen LogP contribution in [0.5, 0.6) is 5.75 Å². The molecule has 0 aliphatic heterocycles. The Morgan fingerprint density at radius 1 is 1.05 bits per heavy atom. The van der Waals surface area contributed by atoms with Crippen molar-refractivity contribution < 1.29 is 13.5 Å². The molecule has 0 bridgehead atoms. The van der Waals surface area contributed by atoms with E-state index in [1.165, 1.54) is 6.08 Å². The maximum absolute atomic E-state index is 14.2. The van der Waals surface area contributed by atoms with Crippen LogP contribution in [0.15, 0.2) is 59.0 Å². The van der Waals surface area contributed by atoms with E-state index in [2.05, 4.69) is 10.2 Å². The number of methoxy groups -OCH3 is 1. The SMILES string of the molecule is COc1ccc(/C=C(\F)c2nnc(-c3ccccc3)o2)cc1. The summed E-state index contributed by atoms with van der Waals surface area (Å²) < 4.78 is 24.6. The van der Waals surface area contributed by atoms with Gasteiger partial charge in [0.15, 0.2) is 5.83 Å². The van der Waals surface area contributed by atoms with Crippen LogP contribution in [-0.2, 0) is 0 Å². The first-order chi connectivity index (χ1) is 10.8. The van der Waals surface area contributed by atoms with Gasteiger partial charge in [-0.1, -0.05) is 30.3 Å². The van der Waals surface area contributed by atoms with E-state index in [1.807, 2.05) is 30.3 Å². The lowest BCUT2D eigenvalue weighted by molar-refractivity contribution is 0.415. The maximum Gasteiger partial charge on any atom is 0.276 e. The highest BCUT2D eigenvalue weighted by Crippen LogP contribution is 2.24. The third kappa shape index (κ3) is 3.03. The lowest BCUT2D eigenvalue weighted by Gasteiger charge is -1.99. The summed E-state index contributed by atoms with van der Waals surface area (Å²) in [7, 11) is 1.58. The van der Waals surface area contributed by atoms with Crippen molar-refractivity contribution in [2.24, 2.45) is 0 Å². The van der Waals surface area contributed by atoms with Crippen LogP contribution in [0.4, 0.5) is 4.39 Å². The molecule has 0 fully saturated rings. The highest BCUT2D eigenvalue weighted by Gasteiger charge is 2.12. The molecule has 0 unspecified atom stereocenters. The third-order valence-electron chi connectivity index (χ3n) is 3.06. The number of halogens is 1. The Kier molecular flexibility index (Phi) is 3.96. The highest BCUT2D eigenvalue weighted by molar-refractivity contribution is 5.73. The Morgan fingerprint density at radius 2 is 1.77 bits per heavy atom. The molecule has 3 aromatic rings. The van der Waals surface area contributed by atoms with E-state index in [1.54, 1.807) is 31.4 Å². The molecule has 1 heterocycles. The summed E-state index contributed by atoms with van der Waals surface area (Å²) in [6.07, 6.45) is 1.34. The van der Waals surface area contributed by atoms with Gasteiger partial charge in [-0.15, -0.1) is 10.2 Å². The molecule has 0 atom stereocenters. The predicted octanol–water partition coefficient (Wildman–Crippen LogP) is 4.21. The van der Waals surface area contributed by atoms with Crippen molar-refractivity contribution >= 4 is 11.9 Å². The largest absolute Gasteiger partial charge is 0.497 e. The average molecular weight is 296 g/mol. The quantitative estimate of drug-likeness (QED) is 0.723. The molecule has 0 spiro atoms. The van der Waals surface area contributed by atoms with Gasteiger partial charge >= 0.3 is 0 Å². The van der Waals surface area contributed by atoms with Crippen molar-refractivity contribution in [2.75, 3.05) is 7.11 Å². The van der Waals surface area contributed by atoms with Crippen LogP contribution < -0.4 is 4.74 Å². The summed E-state index contributed by atoms with van der Waals surface area (Å²) in [5.41, 5.74) is 1.43. The Bertz CT molecular complexity index is 780. The van der Waals surface area contributed by atoms with Crippen LogP contribution in [0.3, 0.4) is 0 Å². The van der Waals surface area contributed by atoms with Gasteiger partial charge in [-0.3, -0.25) is 0 Å².